The molecular weight excluding hydrogens is 184 g/mol. The van der Waals surface area contributed by atoms with Crippen LogP contribution in [0.5, 0.6) is 0 Å². The van der Waals surface area contributed by atoms with Crippen molar-refractivity contribution in [3.05, 3.63) is 42.6 Å². The zero-order valence-electron chi connectivity index (χ0n) is 7.82. The van der Waals surface area contributed by atoms with Crippen molar-refractivity contribution >= 4 is 10.9 Å². The number of aromatic nitrogens is 1. The standard InChI is InChI=1S/C9H7N.C2H4F2/c1-2-6-9-8(4-1)5-3-7-10-9;1-2(3)4/h1-7H;2H,1H3. The van der Waals surface area contributed by atoms with Crippen LogP contribution in [-0.2, 0) is 0 Å². The zero-order valence-corrected chi connectivity index (χ0v) is 7.82. The molecule has 0 amide bonds. The molecule has 1 nitrogen and oxygen atoms in total. The SMILES string of the molecule is CC(F)F.c1ccc2ncccc2c1. The number of pyridine rings is 1. The highest BCUT2D eigenvalue weighted by molar-refractivity contribution is 5.77. The lowest BCUT2D eigenvalue weighted by atomic mass is 10.2. The number of fused-ring (bicyclic) bond motifs is 1. The van der Waals surface area contributed by atoms with Crippen LogP contribution in [0, 0.1) is 0 Å². The largest absolute Gasteiger partial charge is 0.256 e. The van der Waals surface area contributed by atoms with Crippen LogP contribution in [0.15, 0.2) is 42.6 Å². The smallest absolute Gasteiger partial charge is 0.235 e. The summed E-state index contributed by atoms with van der Waals surface area (Å²) in [5.41, 5.74) is 1.06. The topological polar surface area (TPSA) is 12.9 Å². The molecule has 74 valence electrons. The van der Waals surface area contributed by atoms with E-state index < -0.39 is 6.43 Å². The van der Waals surface area contributed by atoms with Crippen LogP contribution in [0.3, 0.4) is 0 Å². The molecule has 1 heterocycles. The van der Waals surface area contributed by atoms with Gasteiger partial charge in [0.05, 0.1) is 5.52 Å². The van der Waals surface area contributed by atoms with Gasteiger partial charge in [-0.25, -0.2) is 8.78 Å². The van der Waals surface area contributed by atoms with E-state index in [2.05, 4.69) is 17.1 Å². The van der Waals surface area contributed by atoms with Gasteiger partial charge in [-0.2, -0.15) is 0 Å². The lowest BCUT2D eigenvalue weighted by molar-refractivity contribution is 0.171. The molecule has 1 aromatic carbocycles. The third-order valence-corrected chi connectivity index (χ3v) is 1.51. The van der Waals surface area contributed by atoms with Crippen LogP contribution in [0.4, 0.5) is 8.78 Å². The van der Waals surface area contributed by atoms with E-state index >= 15 is 0 Å². The average molecular weight is 195 g/mol. The van der Waals surface area contributed by atoms with Crippen molar-refractivity contribution in [2.24, 2.45) is 0 Å². The summed E-state index contributed by atoms with van der Waals surface area (Å²) in [6.45, 7) is 0.833. The summed E-state index contributed by atoms with van der Waals surface area (Å²) in [5.74, 6) is 0. The summed E-state index contributed by atoms with van der Waals surface area (Å²) in [6.07, 6.45) is -0.359. The molecule has 2 aromatic rings. The number of hydrogen-bond donors (Lipinski definition) is 0. The number of para-hydroxylation sites is 1. The lowest BCUT2D eigenvalue weighted by Crippen LogP contribution is -1.73. The van der Waals surface area contributed by atoms with E-state index in [9.17, 15) is 8.78 Å². The summed E-state index contributed by atoms with van der Waals surface area (Å²) in [6, 6.07) is 12.1. The molecule has 0 saturated heterocycles. The van der Waals surface area contributed by atoms with Gasteiger partial charge in [-0.1, -0.05) is 24.3 Å². The molecule has 0 N–H and O–H groups in total. The Morgan fingerprint density at radius 3 is 2.29 bits per heavy atom. The van der Waals surface area contributed by atoms with Crippen molar-refractivity contribution in [2.75, 3.05) is 0 Å². The lowest BCUT2D eigenvalue weighted by Gasteiger charge is -1.91. The molecule has 1 aromatic heterocycles. The van der Waals surface area contributed by atoms with E-state index in [1.807, 2.05) is 30.5 Å². The van der Waals surface area contributed by atoms with Gasteiger partial charge in [0.2, 0.25) is 6.43 Å². The molecule has 14 heavy (non-hydrogen) atoms. The number of nitrogens with zero attached hydrogens (tertiary/aromatic N) is 1. The zero-order chi connectivity index (χ0) is 10.4. The van der Waals surface area contributed by atoms with Crippen molar-refractivity contribution < 1.29 is 8.78 Å². The Bertz CT molecular complexity index is 319. The first kappa shape index (κ1) is 10.6. The maximum absolute atomic E-state index is 10.3. The Hall–Kier alpha value is -1.51. The Kier molecular flexibility index (Phi) is 3.98. The van der Waals surface area contributed by atoms with Crippen LogP contribution >= 0.6 is 0 Å². The van der Waals surface area contributed by atoms with Gasteiger partial charge in [-0.05, 0) is 19.1 Å². The summed E-state index contributed by atoms with van der Waals surface area (Å²) < 4.78 is 20.7. The summed E-state index contributed by atoms with van der Waals surface area (Å²) in [5, 5.41) is 1.20. The molecule has 3 heteroatoms. The molecule has 0 saturated carbocycles. The summed E-state index contributed by atoms with van der Waals surface area (Å²) in [7, 11) is 0. The Morgan fingerprint density at radius 2 is 1.64 bits per heavy atom. The van der Waals surface area contributed by atoms with Crippen LogP contribution in [-0.4, -0.2) is 11.4 Å². The second kappa shape index (κ2) is 5.27. The van der Waals surface area contributed by atoms with Gasteiger partial charge in [0.25, 0.3) is 0 Å². The summed E-state index contributed by atoms with van der Waals surface area (Å²) >= 11 is 0. The van der Waals surface area contributed by atoms with E-state index in [1.54, 1.807) is 0 Å². The van der Waals surface area contributed by atoms with Crippen LogP contribution < -0.4 is 0 Å². The quantitative estimate of drug-likeness (QED) is 0.626. The van der Waals surface area contributed by atoms with Gasteiger partial charge < -0.3 is 0 Å². The van der Waals surface area contributed by atoms with E-state index in [0.29, 0.717) is 0 Å². The van der Waals surface area contributed by atoms with Crippen molar-refractivity contribution in [2.45, 2.75) is 13.3 Å². The Morgan fingerprint density at radius 1 is 1.07 bits per heavy atom. The molecule has 0 aliphatic heterocycles. The molecule has 0 radical (unpaired) electrons. The fourth-order valence-electron chi connectivity index (χ4n) is 1.02. The first-order chi connectivity index (χ1) is 6.70. The molecule has 0 aliphatic rings. The molecule has 0 spiro atoms. The third kappa shape index (κ3) is 3.47. The van der Waals surface area contributed by atoms with E-state index in [0.717, 1.165) is 12.4 Å². The highest BCUT2D eigenvalue weighted by atomic mass is 19.3. The molecule has 0 fully saturated rings. The molecule has 0 atom stereocenters. The van der Waals surface area contributed by atoms with Gasteiger partial charge >= 0.3 is 0 Å². The highest BCUT2D eigenvalue weighted by Crippen LogP contribution is 2.07. The second-order valence-electron chi connectivity index (χ2n) is 2.72. The fraction of sp³-hybridized carbons (Fsp3) is 0.182. The number of hydrogen-bond acceptors (Lipinski definition) is 1. The van der Waals surface area contributed by atoms with Crippen molar-refractivity contribution in [3.8, 4) is 0 Å². The number of benzene rings is 1. The van der Waals surface area contributed by atoms with Crippen molar-refractivity contribution in [1.82, 2.24) is 4.98 Å². The van der Waals surface area contributed by atoms with Gasteiger partial charge in [-0.15, -0.1) is 0 Å². The highest BCUT2D eigenvalue weighted by Gasteiger charge is 1.86. The maximum Gasteiger partial charge on any atom is 0.235 e. The number of halogens is 2. The van der Waals surface area contributed by atoms with Gasteiger partial charge in [-0.3, -0.25) is 4.98 Å². The van der Waals surface area contributed by atoms with Crippen molar-refractivity contribution in [1.29, 1.82) is 0 Å². The first-order valence-corrected chi connectivity index (χ1v) is 4.28. The van der Waals surface area contributed by atoms with Crippen LogP contribution in [0.2, 0.25) is 0 Å². The van der Waals surface area contributed by atoms with E-state index in [4.69, 9.17) is 0 Å². The van der Waals surface area contributed by atoms with Crippen LogP contribution in [0.25, 0.3) is 10.9 Å². The minimum absolute atomic E-state index is 0.833. The molecule has 0 aliphatic carbocycles. The number of rotatable bonds is 0. The van der Waals surface area contributed by atoms with Crippen LogP contribution in [0.1, 0.15) is 6.92 Å². The van der Waals surface area contributed by atoms with Gasteiger partial charge in [0.1, 0.15) is 0 Å². The predicted octanol–water partition coefficient (Wildman–Crippen LogP) is 3.51. The minimum Gasteiger partial charge on any atom is -0.256 e. The molecule has 0 unspecified atom stereocenters. The third-order valence-electron chi connectivity index (χ3n) is 1.51. The minimum atomic E-state index is -2.17. The van der Waals surface area contributed by atoms with Gasteiger partial charge in [0, 0.05) is 11.6 Å². The second-order valence-corrected chi connectivity index (χ2v) is 2.72. The van der Waals surface area contributed by atoms with Crippen molar-refractivity contribution in [3.63, 3.8) is 0 Å². The summed E-state index contributed by atoms with van der Waals surface area (Å²) in [4.78, 5) is 4.18. The monoisotopic (exact) mass is 195 g/mol. The Balaban J connectivity index is 0.000000213. The van der Waals surface area contributed by atoms with Gasteiger partial charge in [0.15, 0.2) is 0 Å². The van der Waals surface area contributed by atoms with E-state index in [-0.39, 0.29) is 0 Å². The first-order valence-electron chi connectivity index (χ1n) is 4.28. The maximum atomic E-state index is 10.3. The Labute approximate surface area is 81.4 Å². The predicted molar refractivity (Wildman–Crippen MR) is 53.4 cm³/mol. The normalized spacial score (nSPS) is 9.71. The molecule has 2 rings (SSSR count). The van der Waals surface area contributed by atoms with E-state index in [1.165, 1.54) is 5.39 Å². The molecule has 0 bridgehead atoms. The average Bonchev–Trinajstić information content (AvgIpc) is 2.17. The molecular formula is C11H11F2N. The number of alkyl halides is 2. The fourth-order valence-corrected chi connectivity index (χ4v) is 1.02.